The van der Waals surface area contributed by atoms with Crippen LogP contribution in [0.4, 0.5) is 15.3 Å². The van der Waals surface area contributed by atoms with Crippen molar-refractivity contribution >= 4 is 46.4 Å². The molecule has 1 atom stereocenters. The average molecular weight is 528 g/mol. The van der Waals surface area contributed by atoms with Crippen molar-refractivity contribution in [1.29, 1.82) is 0 Å². The number of H-pyrrole nitrogens is 1. The number of likely N-dealkylation sites (tertiary alicyclic amines) is 1. The summed E-state index contributed by atoms with van der Waals surface area (Å²) in [7, 11) is 0. The number of carboxylic acids is 1. The highest BCUT2D eigenvalue weighted by molar-refractivity contribution is 6.32. The van der Waals surface area contributed by atoms with Crippen molar-refractivity contribution in [3.05, 3.63) is 63.1 Å². The minimum absolute atomic E-state index is 0.00900. The lowest BCUT2D eigenvalue weighted by Crippen LogP contribution is -2.53. The number of benzene rings is 2. The van der Waals surface area contributed by atoms with Gasteiger partial charge in [-0.05, 0) is 48.6 Å². The fraction of sp³-hybridized carbons (Fsp3) is 0.360. The molecule has 0 spiro atoms. The second-order valence-corrected chi connectivity index (χ2v) is 9.72. The zero-order chi connectivity index (χ0) is 26.1. The smallest absolute Gasteiger partial charge is 0.417 e. The summed E-state index contributed by atoms with van der Waals surface area (Å²) in [6.07, 6.45) is 1.30. The molecule has 12 heteroatoms. The Morgan fingerprint density at radius 3 is 2.70 bits per heavy atom. The van der Waals surface area contributed by atoms with Gasteiger partial charge in [-0.15, -0.1) is 0 Å². The molecule has 2 aliphatic heterocycles. The predicted octanol–water partition coefficient (Wildman–Crippen LogP) is 3.24. The van der Waals surface area contributed by atoms with Gasteiger partial charge in [0.1, 0.15) is 0 Å². The first-order valence-corrected chi connectivity index (χ1v) is 12.4. The first-order chi connectivity index (χ1) is 17.8. The van der Waals surface area contributed by atoms with E-state index in [2.05, 4.69) is 15.6 Å². The number of nitrogens with one attached hydrogen (secondary N) is 3. The number of amides is 4. The summed E-state index contributed by atoms with van der Waals surface area (Å²) in [6.45, 7) is 1.34. The molecule has 37 heavy (non-hydrogen) atoms. The van der Waals surface area contributed by atoms with Crippen LogP contribution in [0.25, 0.3) is 11.1 Å². The maximum atomic E-state index is 12.8. The number of halogens is 1. The summed E-state index contributed by atoms with van der Waals surface area (Å²) in [5.41, 5.74) is 3.09. The fourth-order valence-electron chi connectivity index (χ4n) is 4.90. The zero-order valence-electron chi connectivity index (χ0n) is 19.8. The lowest BCUT2D eigenvalue weighted by molar-refractivity contribution is -0.141. The molecule has 4 amide bonds. The van der Waals surface area contributed by atoms with Crippen LogP contribution in [0.3, 0.4) is 0 Å². The van der Waals surface area contributed by atoms with Gasteiger partial charge in [0.15, 0.2) is 5.58 Å². The van der Waals surface area contributed by atoms with E-state index in [1.807, 2.05) is 29.2 Å². The molecule has 194 valence electrons. The molecular formula is C25H26ClN5O6. The Morgan fingerprint density at radius 1 is 1.19 bits per heavy atom. The number of fused-ring (bicyclic) bond motifs is 2. The summed E-state index contributed by atoms with van der Waals surface area (Å²) in [5.74, 6) is -2.64. The van der Waals surface area contributed by atoms with E-state index in [4.69, 9.17) is 16.0 Å². The van der Waals surface area contributed by atoms with Gasteiger partial charge in [-0.3, -0.25) is 9.78 Å². The van der Waals surface area contributed by atoms with Crippen molar-refractivity contribution in [2.75, 3.05) is 25.0 Å². The van der Waals surface area contributed by atoms with Crippen LogP contribution in [-0.4, -0.2) is 63.6 Å². The summed E-state index contributed by atoms with van der Waals surface area (Å²) in [5, 5.41) is 15.7. The highest BCUT2D eigenvalue weighted by Gasteiger charge is 2.33. The van der Waals surface area contributed by atoms with E-state index in [-0.39, 0.29) is 36.7 Å². The highest BCUT2D eigenvalue weighted by atomic mass is 35.5. The number of aromatic amines is 1. The van der Waals surface area contributed by atoms with Crippen molar-refractivity contribution in [1.82, 2.24) is 20.1 Å². The van der Waals surface area contributed by atoms with Crippen molar-refractivity contribution < 1.29 is 23.9 Å². The van der Waals surface area contributed by atoms with E-state index < -0.39 is 17.6 Å². The minimum Gasteiger partial charge on any atom is -0.481 e. The van der Waals surface area contributed by atoms with Crippen molar-refractivity contribution in [2.45, 2.75) is 31.8 Å². The Bertz CT molecular complexity index is 1410. The predicted molar refractivity (Wildman–Crippen MR) is 136 cm³/mol. The third kappa shape index (κ3) is 5.26. The van der Waals surface area contributed by atoms with Crippen LogP contribution in [0.1, 0.15) is 24.0 Å². The van der Waals surface area contributed by atoms with E-state index in [1.165, 1.54) is 12.1 Å². The van der Waals surface area contributed by atoms with Crippen molar-refractivity contribution in [3.63, 3.8) is 0 Å². The first kappa shape index (κ1) is 24.7. The quantitative estimate of drug-likeness (QED) is 0.387. The van der Waals surface area contributed by atoms with Crippen LogP contribution in [0.2, 0.25) is 5.02 Å². The molecule has 3 aromatic rings. The molecule has 2 aromatic carbocycles. The second-order valence-electron chi connectivity index (χ2n) is 9.31. The van der Waals surface area contributed by atoms with Crippen LogP contribution < -0.4 is 16.4 Å². The Morgan fingerprint density at radius 2 is 1.95 bits per heavy atom. The van der Waals surface area contributed by atoms with Gasteiger partial charge < -0.3 is 30.0 Å². The summed E-state index contributed by atoms with van der Waals surface area (Å²) in [6, 6.07) is 10.3. The molecule has 0 radical (unpaired) electrons. The van der Waals surface area contributed by atoms with Gasteiger partial charge in [-0.2, -0.15) is 0 Å². The van der Waals surface area contributed by atoms with Crippen molar-refractivity contribution in [3.8, 4) is 0 Å². The number of para-hydroxylation sites is 1. The molecule has 1 fully saturated rings. The molecule has 5 rings (SSSR count). The number of urea groups is 2. The Labute approximate surface area is 216 Å². The number of aliphatic carboxylic acids is 1. The first-order valence-electron chi connectivity index (χ1n) is 12.0. The van der Waals surface area contributed by atoms with Crippen LogP contribution in [0.15, 0.2) is 45.6 Å². The molecule has 2 aliphatic rings. The normalized spacial score (nSPS) is 16.8. The number of hydrogen-bond donors (Lipinski definition) is 4. The summed E-state index contributed by atoms with van der Waals surface area (Å²) < 4.78 is 5.04. The molecule has 0 aliphatic carbocycles. The standard InChI is InChI=1S/C25H26ClN5O6/c26-18-11-20-21(37-25(36)29-20)10-15(18)9-16(22(32)33)12-27-23(34)30-7-5-17(6-8-30)31-13-14-3-1-2-4-19(14)28-24(31)35/h1-4,10-11,16-17H,5-9,12-13H2,(H,27,34)(H,28,35)(H,29,36)(H,32,33)/t16-/m1/s1. The van der Waals surface area contributed by atoms with E-state index in [0.29, 0.717) is 48.6 Å². The van der Waals surface area contributed by atoms with Crippen LogP contribution in [-0.2, 0) is 17.8 Å². The van der Waals surface area contributed by atoms with E-state index in [9.17, 15) is 24.3 Å². The summed E-state index contributed by atoms with van der Waals surface area (Å²) >= 11 is 6.28. The number of aromatic nitrogens is 1. The molecule has 0 unspecified atom stereocenters. The molecule has 0 saturated carbocycles. The number of nitrogens with zero attached hydrogens (tertiary/aromatic N) is 2. The number of carbonyl (C=O) groups is 3. The zero-order valence-corrected chi connectivity index (χ0v) is 20.6. The summed E-state index contributed by atoms with van der Waals surface area (Å²) in [4.78, 5) is 54.6. The number of carboxylic acid groups (broad SMARTS) is 1. The van der Waals surface area contributed by atoms with E-state index >= 15 is 0 Å². The van der Waals surface area contributed by atoms with Gasteiger partial charge in [0, 0.05) is 42.9 Å². The fourth-order valence-corrected chi connectivity index (χ4v) is 5.14. The van der Waals surface area contributed by atoms with Gasteiger partial charge in [0.2, 0.25) is 0 Å². The largest absolute Gasteiger partial charge is 0.481 e. The Kier molecular flexibility index (Phi) is 6.79. The Hall–Kier alpha value is -3.99. The number of oxazole rings is 1. The number of anilines is 1. The van der Waals surface area contributed by atoms with Crippen LogP contribution in [0, 0.1) is 5.92 Å². The molecule has 1 saturated heterocycles. The van der Waals surface area contributed by atoms with Crippen molar-refractivity contribution in [2.24, 2.45) is 5.92 Å². The molecule has 4 N–H and O–H groups in total. The molecule has 3 heterocycles. The minimum atomic E-state index is -1.08. The SMILES string of the molecule is O=C(O)[C@@H](CNC(=O)N1CCC(N2Cc3ccccc3NC2=O)CC1)Cc1cc2oc(=O)[nH]c2cc1Cl. The van der Waals surface area contributed by atoms with Gasteiger partial charge >= 0.3 is 23.8 Å². The van der Waals surface area contributed by atoms with E-state index in [0.717, 1.165) is 11.3 Å². The van der Waals surface area contributed by atoms with Gasteiger partial charge in [-0.25, -0.2) is 14.4 Å². The third-order valence-corrected chi connectivity index (χ3v) is 7.31. The lowest BCUT2D eigenvalue weighted by Gasteiger charge is -2.40. The lowest BCUT2D eigenvalue weighted by atomic mass is 9.99. The highest BCUT2D eigenvalue weighted by Crippen LogP contribution is 2.28. The molecule has 0 bridgehead atoms. The third-order valence-electron chi connectivity index (χ3n) is 6.96. The Balaban J connectivity index is 1.15. The molecule has 11 nitrogen and oxygen atoms in total. The molecule has 1 aromatic heterocycles. The molecular weight excluding hydrogens is 502 g/mol. The second kappa shape index (κ2) is 10.2. The van der Waals surface area contributed by atoms with Gasteiger partial charge in [0.25, 0.3) is 0 Å². The van der Waals surface area contributed by atoms with Crippen LogP contribution >= 0.6 is 11.6 Å². The number of carbonyl (C=O) groups excluding carboxylic acids is 2. The topological polar surface area (TPSA) is 148 Å². The maximum Gasteiger partial charge on any atom is 0.417 e. The number of hydrogen-bond acceptors (Lipinski definition) is 5. The van der Waals surface area contributed by atoms with Gasteiger partial charge in [0.05, 0.1) is 11.4 Å². The monoisotopic (exact) mass is 527 g/mol. The number of rotatable bonds is 6. The van der Waals surface area contributed by atoms with Gasteiger partial charge in [-0.1, -0.05) is 29.8 Å². The maximum absolute atomic E-state index is 12.8. The van der Waals surface area contributed by atoms with Crippen LogP contribution in [0.5, 0.6) is 0 Å². The average Bonchev–Trinajstić information content (AvgIpc) is 3.24. The number of piperidine rings is 1. The van der Waals surface area contributed by atoms with E-state index in [1.54, 1.807) is 4.90 Å².